The number of nitrogens with zero attached hydrogens (tertiary/aromatic N) is 1. The lowest BCUT2D eigenvalue weighted by molar-refractivity contribution is 0.298. The van der Waals surface area contributed by atoms with Gasteiger partial charge in [-0.05, 0) is 36.1 Å². The maximum Gasteiger partial charge on any atom is 0.243 e. The zero-order valence-electron chi connectivity index (χ0n) is 13.2. The standard InChI is InChI=1S/C15H25NO4S/c1-5-12(2)11-16(3)21(18,19)15-7-6-14(20-4)10-13(15)8-9-17/h6-7,10,12,17H,5,8-9,11H2,1-4H3. The molecule has 120 valence electrons. The van der Waals surface area contributed by atoms with Crippen LogP contribution in [0.3, 0.4) is 0 Å². The third kappa shape index (κ3) is 4.43. The zero-order chi connectivity index (χ0) is 16.0. The van der Waals surface area contributed by atoms with Crippen LogP contribution in [0, 0.1) is 5.92 Å². The van der Waals surface area contributed by atoms with E-state index < -0.39 is 10.0 Å². The van der Waals surface area contributed by atoms with Crippen LogP contribution in [0.5, 0.6) is 5.75 Å². The summed E-state index contributed by atoms with van der Waals surface area (Å²) in [6.45, 7) is 4.43. The molecule has 6 heteroatoms. The quantitative estimate of drug-likeness (QED) is 0.795. The number of hydrogen-bond acceptors (Lipinski definition) is 4. The number of methoxy groups -OCH3 is 1. The van der Waals surface area contributed by atoms with E-state index in [0.717, 1.165) is 6.42 Å². The van der Waals surface area contributed by atoms with Crippen molar-refractivity contribution in [2.45, 2.75) is 31.6 Å². The summed E-state index contributed by atoms with van der Waals surface area (Å²) in [5.74, 6) is 0.881. The third-order valence-electron chi connectivity index (χ3n) is 3.60. The molecule has 0 saturated heterocycles. The highest BCUT2D eigenvalue weighted by Crippen LogP contribution is 2.25. The van der Waals surface area contributed by atoms with Crippen molar-refractivity contribution < 1.29 is 18.3 Å². The molecule has 1 rings (SSSR count). The van der Waals surface area contributed by atoms with E-state index in [1.54, 1.807) is 25.2 Å². The predicted octanol–water partition coefficient (Wildman–Crippen LogP) is 1.90. The average Bonchev–Trinajstić information content (AvgIpc) is 2.46. The molecule has 0 saturated carbocycles. The summed E-state index contributed by atoms with van der Waals surface area (Å²) >= 11 is 0. The van der Waals surface area contributed by atoms with Crippen LogP contribution in [0.4, 0.5) is 0 Å². The predicted molar refractivity (Wildman–Crippen MR) is 83.1 cm³/mol. The molecule has 0 spiro atoms. The van der Waals surface area contributed by atoms with Gasteiger partial charge in [-0.25, -0.2) is 12.7 Å². The van der Waals surface area contributed by atoms with E-state index in [2.05, 4.69) is 0 Å². The summed E-state index contributed by atoms with van der Waals surface area (Å²) < 4.78 is 31.9. The summed E-state index contributed by atoms with van der Waals surface area (Å²) in [6.07, 6.45) is 1.20. The summed E-state index contributed by atoms with van der Waals surface area (Å²) in [7, 11) is -0.435. The van der Waals surface area contributed by atoms with E-state index in [4.69, 9.17) is 9.84 Å². The van der Waals surface area contributed by atoms with Gasteiger partial charge in [-0.15, -0.1) is 0 Å². The second-order valence-corrected chi connectivity index (χ2v) is 7.26. The smallest absolute Gasteiger partial charge is 0.243 e. The van der Waals surface area contributed by atoms with Crippen molar-refractivity contribution in [3.8, 4) is 5.75 Å². The third-order valence-corrected chi connectivity index (χ3v) is 5.53. The average molecular weight is 315 g/mol. The molecule has 1 N–H and O–H groups in total. The minimum absolute atomic E-state index is 0.106. The molecule has 0 amide bonds. The molecule has 1 aromatic carbocycles. The molecule has 0 aromatic heterocycles. The fourth-order valence-electron chi connectivity index (χ4n) is 2.08. The van der Waals surface area contributed by atoms with Gasteiger partial charge >= 0.3 is 0 Å². The Morgan fingerprint density at radius 3 is 2.57 bits per heavy atom. The number of benzene rings is 1. The Labute approximate surface area is 127 Å². The Kier molecular flexibility index (Phi) is 6.64. The first-order valence-electron chi connectivity index (χ1n) is 7.10. The number of ether oxygens (including phenoxy) is 1. The highest BCUT2D eigenvalue weighted by Gasteiger charge is 2.25. The van der Waals surface area contributed by atoms with Crippen molar-refractivity contribution in [3.63, 3.8) is 0 Å². The largest absolute Gasteiger partial charge is 0.497 e. The monoisotopic (exact) mass is 315 g/mol. The van der Waals surface area contributed by atoms with Crippen LogP contribution in [-0.2, 0) is 16.4 Å². The molecule has 0 aliphatic heterocycles. The molecule has 0 fully saturated rings. The number of aliphatic hydroxyl groups is 1. The molecule has 0 aliphatic carbocycles. The zero-order valence-corrected chi connectivity index (χ0v) is 14.0. The van der Waals surface area contributed by atoms with Crippen LogP contribution in [0.1, 0.15) is 25.8 Å². The Hall–Kier alpha value is -1.11. The summed E-state index contributed by atoms with van der Waals surface area (Å²) in [6, 6.07) is 4.84. The van der Waals surface area contributed by atoms with Gasteiger partial charge in [0.05, 0.1) is 12.0 Å². The van der Waals surface area contributed by atoms with Gasteiger partial charge in [0.15, 0.2) is 0 Å². The molecule has 21 heavy (non-hydrogen) atoms. The molecule has 0 heterocycles. The van der Waals surface area contributed by atoms with Crippen LogP contribution in [-0.4, -0.2) is 45.1 Å². The highest BCUT2D eigenvalue weighted by atomic mass is 32.2. The molecule has 0 radical (unpaired) electrons. The van der Waals surface area contributed by atoms with Gasteiger partial charge in [0.25, 0.3) is 0 Å². The van der Waals surface area contributed by atoms with E-state index in [-0.39, 0.29) is 17.9 Å². The Morgan fingerprint density at radius 1 is 1.38 bits per heavy atom. The molecule has 1 atom stereocenters. The maximum absolute atomic E-state index is 12.7. The van der Waals surface area contributed by atoms with E-state index in [1.165, 1.54) is 11.4 Å². The fraction of sp³-hybridized carbons (Fsp3) is 0.600. The van der Waals surface area contributed by atoms with Crippen LogP contribution in [0.15, 0.2) is 23.1 Å². The van der Waals surface area contributed by atoms with Crippen molar-refractivity contribution in [2.75, 3.05) is 27.3 Å². The van der Waals surface area contributed by atoms with Gasteiger partial charge in [0.1, 0.15) is 5.75 Å². The Balaban J connectivity index is 3.17. The van der Waals surface area contributed by atoms with Gasteiger partial charge in [0.2, 0.25) is 10.0 Å². The van der Waals surface area contributed by atoms with Crippen molar-refractivity contribution in [2.24, 2.45) is 5.92 Å². The molecule has 5 nitrogen and oxygen atoms in total. The molecule has 1 unspecified atom stereocenters. The summed E-state index contributed by atoms with van der Waals surface area (Å²) in [5.41, 5.74) is 0.577. The van der Waals surface area contributed by atoms with Crippen molar-refractivity contribution >= 4 is 10.0 Å². The Morgan fingerprint density at radius 2 is 2.05 bits per heavy atom. The van der Waals surface area contributed by atoms with E-state index in [1.807, 2.05) is 13.8 Å². The number of aliphatic hydroxyl groups excluding tert-OH is 1. The van der Waals surface area contributed by atoms with Gasteiger partial charge < -0.3 is 9.84 Å². The van der Waals surface area contributed by atoms with Crippen molar-refractivity contribution in [1.82, 2.24) is 4.31 Å². The SMILES string of the molecule is CCC(C)CN(C)S(=O)(=O)c1ccc(OC)cc1CCO. The topological polar surface area (TPSA) is 66.8 Å². The Bertz CT molecular complexity index is 557. The molecule has 1 aromatic rings. The van der Waals surface area contributed by atoms with Crippen molar-refractivity contribution in [1.29, 1.82) is 0 Å². The van der Waals surface area contributed by atoms with Gasteiger partial charge in [0, 0.05) is 20.2 Å². The number of rotatable bonds is 8. The van der Waals surface area contributed by atoms with Crippen molar-refractivity contribution in [3.05, 3.63) is 23.8 Å². The first-order valence-corrected chi connectivity index (χ1v) is 8.54. The maximum atomic E-state index is 12.7. The molecular weight excluding hydrogens is 290 g/mol. The molecular formula is C15H25NO4S. The lowest BCUT2D eigenvalue weighted by Crippen LogP contribution is -2.31. The van der Waals surface area contributed by atoms with Crippen LogP contribution in [0.2, 0.25) is 0 Å². The van der Waals surface area contributed by atoms with E-state index in [9.17, 15) is 8.42 Å². The minimum atomic E-state index is -3.56. The lowest BCUT2D eigenvalue weighted by atomic mass is 10.1. The van der Waals surface area contributed by atoms with Gasteiger partial charge in [-0.2, -0.15) is 0 Å². The number of sulfonamides is 1. The fourth-order valence-corrected chi connectivity index (χ4v) is 3.60. The van der Waals surface area contributed by atoms with Crippen LogP contribution < -0.4 is 4.74 Å². The van der Waals surface area contributed by atoms with Gasteiger partial charge in [-0.3, -0.25) is 0 Å². The van der Waals surface area contributed by atoms with Crippen LogP contribution in [0.25, 0.3) is 0 Å². The van der Waals surface area contributed by atoms with Crippen LogP contribution >= 0.6 is 0 Å². The molecule has 0 aliphatic rings. The van der Waals surface area contributed by atoms with E-state index >= 15 is 0 Å². The normalized spacial score (nSPS) is 13.4. The second-order valence-electron chi connectivity index (χ2n) is 5.25. The second kappa shape index (κ2) is 7.77. The lowest BCUT2D eigenvalue weighted by Gasteiger charge is -2.22. The van der Waals surface area contributed by atoms with Gasteiger partial charge in [-0.1, -0.05) is 20.3 Å². The summed E-state index contributed by atoms with van der Waals surface area (Å²) in [5, 5.41) is 9.15. The summed E-state index contributed by atoms with van der Waals surface area (Å²) in [4.78, 5) is 0.239. The van der Waals surface area contributed by atoms with E-state index in [0.29, 0.717) is 23.8 Å². The molecule has 0 bridgehead atoms. The first-order chi connectivity index (χ1) is 9.86. The number of hydrogen-bond donors (Lipinski definition) is 1. The first kappa shape index (κ1) is 17.9. The minimum Gasteiger partial charge on any atom is -0.497 e. The highest BCUT2D eigenvalue weighted by molar-refractivity contribution is 7.89.